The van der Waals surface area contributed by atoms with Crippen molar-refractivity contribution >= 4 is 5.97 Å². The van der Waals surface area contributed by atoms with Gasteiger partial charge in [-0.1, -0.05) is 36.8 Å². The van der Waals surface area contributed by atoms with Gasteiger partial charge in [0, 0.05) is 11.3 Å². The molecule has 2 aromatic rings. The first-order valence-electron chi connectivity index (χ1n) is 5.51. The van der Waals surface area contributed by atoms with E-state index in [4.69, 9.17) is 5.11 Å². The highest BCUT2D eigenvalue weighted by Crippen LogP contribution is 2.22. The van der Waals surface area contributed by atoms with Crippen molar-refractivity contribution in [3.8, 4) is 11.3 Å². The fraction of sp³-hybridized carbons (Fsp3) is 0.231. The second-order valence-corrected chi connectivity index (χ2v) is 3.94. The van der Waals surface area contributed by atoms with Crippen molar-refractivity contribution in [2.75, 3.05) is 0 Å². The molecule has 17 heavy (non-hydrogen) atoms. The van der Waals surface area contributed by atoms with Crippen LogP contribution in [-0.2, 0) is 6.42 Å². The quantitative estimate of drug-likeness (QED) is 0.851. The zero-order valence-electron chi connectivity index (χ0n) is 9.82. The number of aryl methyl sites for hydroxylation is 2. The van der Waals surface area contributed by atoms with E-state index in [-0.39, 0.29) is 5.82 Å². The third kappa shape index (κ3) is 2.20. The van der Waals surface area contributed by atoms with Crippen LogP contribution in [0.5, 0.6) is 0 Å². The summed E-state index contributed by atoms with van der Waals surface area (Å²) in [6.07, 6.45) is 0.726. The summed E-state index contributed by atoms with van der Waals surface area (Å²) in [6.45, 7) is 3.98. The first-order valence-corrected chi connectivity index (χ1v) is 5.51. The number of aromatic nitrogens is 2. The Labute approximate surface area is 99.3 Å². The lowest BCUT2D eigenvalue weighted by Gasteiger charge is -2.00. The van der Waals surface area contributed by atoms with Gasteiger partial charge < -0.3 is 10.1 Å². The number of rotatable bonds is 3. The second kappa shape index (κ2) is 4.41. The van der Waals surface area contributed by atoms with Crippen molar-refractivity contribution < 1.29 is 9.90 Å². The molecule has 2 N–H and O–H groups in total. The summed E-state index contributed by atoms with van der Waals surface area (Å²) in [5.41, 5.74) is 3.69. The Balaban J connectivity index is 2.50. The number of imidazole rings is 1. The molecule has 0 unspecified atom stereocenters. The normalized spacial score (nSPS) is 10.5. The van der Waals surface area contributed by atoms with Crippen LogP contribution >= 0.6 is 0 Å². The molecule has 0 aliphatic rings. The highest BCUT2D eigenvalue weighted by atomic mass is 16.4. The van der Waals surface area contributed by atoms with Gasteiger partial charge in [0.25, 0.3) is 0 Å². The zero-order valence-corrected chi connectivity index (χ0v) is 9.82. The van der Waals surface area contributed by atoms with Crippen LogP contribution in [0.15, 0.2) is 24.3 Å². The number of aromatic amines is 1. The van der Waals surface area contributed by atoms with Crippen molar-refractivity contribution in [2.45, 2.75) is 20.3 Å². The minimum Gasteiger partial charge on any atom is -0.475 e. The van der Waals surface area contributed by atoms with Gasteiger partial charge in [0.15, 0.2) is 0 Å². The number of carboxylic acid groups (broad SMARTS) is 1. The number of nitrogens with zero attached hydrogens (tertiary/aromatic N) is 1. The number of carboxylic acids is 1. The van der Waals surface area contributed by atoms with Gasteiger partial charge in [-0.3, -0.25) is 0 Å². The van der Waals surface area contributed by atoms with Crippen molar-refractivity contribution in [3.05, 3.63) is 41.3 Å². The summed E-state index contributed by atoms with van der Waals surface area (Å²) in [4.78, 5) is 17.8. The van der Waals surface area contributed by atoms with Crippen molar-refractivity contribution in [3.63, 3.8) is 0 Å². The highest BCUT2D eigenvalue weighted by molar-refractivity contribution is 5.84. The first-order chi connectivity index (χ1) is 8.11. The average molecular weight is 230 g/mol. The number of hydrogen-bond acceptors (Lipinski definition) is 2. The third-order valence-electron chi connectivity index (χ3n) is 2.66. The van der Waals surface area contributed by atoms with E-state index in [1.807, 2.05) is 38.1 Å². The molecule has 0 atom stereocenters. The van der Waals surface area contributed by atoms with Crippen LogP contribution in [0.1, 0.15) is 28.8 Å². The topological polar surface area (TPSA) is 66.0 Å². The van der Waals surface area contributed by atoms with Gasteiger partial charge in [-0.15, -0.1) is 0 Å². The molecule has 0 bridgehead atoms. The average Bonchev–Trinajstić information content (AvgIpc) is 2.74. The fourth-order valence-corrected chi connectivity index (χ4v) is 1.72. The minimum absolute atomic E-state index is 0.00238. The van der Waals surface area contributed by atoms with E-state index in [9.17, 15) is 4.79 Å². The van der Waals surface area contributed by atoms with Gasteiger partial charge in [0.05, 0.1) is 5.69 Å². The lowest BCUT2D eigenvalue weighted by molar-refractivity contribution is 0.0684. The summed E-state index contributed by atoms with van der Waals surface area (Å²) in [5.74, 6) is -1.03. The number of nitrogens with one attached hydrogen (secondary N) is 1. The molecule has 1 aromatic carbocycles. The number of aromatic carboxylic acids is 1. The molecular formula is C13H14N2O2. The summed E-state index contributed by atoms with van der Waals surface area (Å²) >= 11 is 0. The lowest BCUT2D eigenvalue weighted by Crippen LogP contribution is -1.98. The maximum atomic E-state index is 10.9. The third-order valence-corrected chi connectivity index (χ3v) is 2.66. The van der Waals surface area contributed by atoms with Gasteiger partial charge in [0.1, 0.15) is 0 Å². The summed E-state index contributed by atoms with van der Waals surface area (Å²) in [6, 6.07) is 7.89. The smallest absolute Gasteiger partial charge is 0.371 e. The van der Waals surface area contributed by atoms with E-state index < -0.39 is 5.97 Å². The highest BCUT2D eigenvalue weighted by Gasteiger charge is 2.14. The Morgan fingerprint density at radius 3 is 2.53 bits per heavy atom. The minimum atomic E-state index is -1.03. The Bertz CT molecular complexity index is 541. The van der Waals surface area contributed by atoms with E-state index in [0.717, 1.165) is 23.4 Å². The molecule has 0 fully saturated rings. The molecule has 0 aliphatic heterocycles. The molecule has 0 radical (unpaired) electrons. The Hall–Kier alpha value is -2.10. The van der Waals surface area contributed by atoms with Gasteiger partial charge >= 0.3 is 5.97 Å². The molecule has 0 saturated carbocycles. The fourth-order valence-electron chi connectivity index (χ4n) is 1.72. The van der Waals surface area contributed by atoms with Crippen molar-refractivity contribution in [1.82, 2.24) is 9.97 Å². The predicted molar refractivity (Wildman–Crippen MR) is 65.1 cm³/mol. The van der Waals surface area contributed by atoms with Gasteiger partial charge in [-0.25, -0.2) is 9.78 Å². The van der Waals surface area contributed by atoms with Crippen LogP contribution in [0, 0.1) is 6.92 Å². The van der Waals surface area contributed by atoms with E-state index in [2.05, 4.69) is 9.97 Å². The predicted octanol–water partition coefficient (Wildman–Crippen LogP) is 2.65. The van der Waals surface area contributed by atoms with Crippen molar-refractivity contribution in [2.24, 2.45) is 0 Å². The van der Waals surface area contributed by atoms with E-state index in [1.165, 1.54) is 5.56 Å². The molecule has 0 spiro atoms. The molecule has 4 heteroatoms. The van der Waals surface area contributed by atoms with Crippen LogP contribution in [-0.4, -0.2) is 21.0 Å². The molecule has 88 valence electrons. The van der Waals surface area contributed by atoms with Crippen LogP contribution in [0.25, 0.3) is 11.3 Å². The molecule has 4 nitrogen and oxygen atoms in total. The number of H-pyrrole nitrogens is 1. The lowest BCUT2D eigenvalue weighted by atomic mass is 10.1. The summed E-state index contributed by atoms with van der Waals surface area (Å²) < 4.78 is 0. The first kappa shape index (κ1) is 11.4. The number of benzene rings is 1. The second-order valence-electron chi connectivity index (χ2n) is 3.94. The maximum Gasteiger partial charge on any atom is 0.371 e. The summed E-state index contributed by atoms with van der Waals surface area (Å²) in [5, 5.41) is 8.92. The molecule has 0 aliphatic carbocycles. The standard InChI is InChI=1S/C13H14N2O2/c1-3-10-11(15-12(14-10)13(16)17)9-6-4-8(2)5-7-9/h4-7H,3H2,1-2H3,(H,14,15)(H,16,17). The number of carbonyl (C=O) groups is 1. The van der Waals surface area contributed by atoms with E-state index >= 15 is 0 Å². The maximum absolute atomic E-state index is 10.9. The molecule has 0 saturated heterocycles. The van der Waals surface area contributed by atoms with Crippen LogP contribution in [0.4, 0.5) is 0 Å². The molecule has 0 amide bonds. The molecular weight excluding hydrogens is 216 g/mol. The van der Waals surface area contributed by atoms with Gasteiger partial charge in [0.2, 0.25) is 5.82 Å². The zero-order chi connectivity index (χ0) is 12.4. The van der Waals surface area contributed by atoms with Crippen LogP contribution in [0.2, 0.25) is 0 Å². The van der Waals surface area contributed by atoms with E-state index in [1.54, 1.807) is 0 Å². The Morgan fingerprint density at radius 2 is 2.00 bits per heavy atom. The number of hydrogen-bond donors (Lipinski definition) is 2. The van der Waals surface area contributed by atoms with Crippen molar-refractivity contribution in [1.29, 1.82) is 0 Å². The molecule has 1 heterocycles. The monoisotopic (exact) mass is 230 g/mol. The largest absolute Gasteiger partial charge is 0.475 e. The van der Waals surface area contributed by atoms with Gasteiger partial charge in [-0.2, -0.15) is 0 Å². The Kier molecular flexibility index (Phi) is 2.95. The summed E-state index contributed by atoms with van der Waals surface area (Å²) in [7, 11) is 0. The van der Waals surface area contributed by atoms with Crippen LogP contribution < -0.4 is 0 Å². The molecule has 2 rings (SSSR count). The molecule has 1 aromatic heterocycles. The van der Waals surface area contributed by atoms with Crippen LogP contribution in [0.3, 0.4) is 0 Å². The van der Waals surface area contributed by atoms with Gasteiger partial charge in [-0.05, 0) is 13.3 Å². The Morgan fingerprint density at radius 1 is 1.35 bits per heavy atom. The SMILES string of the molecule is CCc1[nH]c(C(=O)O)nc1-c1ccc(C)cc1. The van der Waals surface area contributed by atoms with E-state index in [0.29, 0.717) is 0 Å².